The van der Waals surface area contributed by atoms with Gasteiger partial charge < -0.3 is 4.43 Å². The van der Waals surface area contributed by atoms with Crippen molar-refractivity contribution in [2.45, 2.75) is 19.4 Å². The summed E-state index contributed by atoms with van der Waals surface area (Å²) in [6.45, 7) is 3.82. The molecule has 0 spiro atoms. The van der Waals surface area contributed by atoms with Crippen LogP contribution in [0.15, 0.2) is 42.5 Å². The summed E-state index contributed by atoms with van der Waals surface area (Å²) in [4.78, 5) is 0. The zero-order chi connectivity index (χ0) is 14.0. The van der Waals surface area contributed by atoms with Gasteiger partial charge in [-0.25, -0.2) is 8.78 Å². The number of halogens is 2. The van der Waals surface area contributed by atoms with Crippen molar-refractivity contribution in [2.75, 3.05) is 0 Å². The molecule has 0 saturated carbocycles. The van der Waals surface area contributed by atoms with Crippen LogP contribution in [0.1, 0.15) is 19.4 Å². The van der Waals surface area contributed by atoms with E-state index >= 15 is 0 Å². The van der Waals surface area contributed by atoms with E-state index in [1.807, 2.05) is 26.0 Å². The first-order valence-corrected chi connectivity index (χ1v) is 6.25. The minimum Gasteiger partial charge on any atom is -0.410 e. The van der Waals surface area contributed by atoms with Crippen molar-refractivity contribution in [3.8, 4) is 11.1 Å². The Morgan fingerprint density at radius 3 is 2.16 bits per heavy atom. The van der Waals surface area contributed by atoms with Gasteiger partial charge in [0, 0.05) is 11.6 Å². The molecule has 0 amide bonds. The predicted molar refractivity (Wildman–Crippen MR) is 71.7 cm³/mol. The monoisotopic (exact) mass is 275 g/mol. The van der Waals surface area contributed by atoms with Crippen molar-refractivity contribution >= 4 is 10.5 Å². The van der Waals surface area contributed by atoms with Gasteiger partial charge in [-0.15, -0.1) is 0 Å². The third kappa shape index (κ3) is 2.91. The van der Waals surface area contributed by atoms with Crippen LogP contribution in [-0.2, 0) is 10.0 Å². The lowest BCUT2D eigenvalue weighted by Crippen LogP contribution is -2.19. The number of rotatable bonds is 3. The maximum atomic E-state index is 13.7. The fourth-order valence-electron chi connectivity index (χ4n) is 1.83. The van der Waals surface area contributed by atoms with Crippen LogP contribution in [0.2, 0.25) is 0 Å². The summed E-state index contributed by atoms with van der Waals surface area (Å²) in [5.41, 5.74) is 1.56. The zero-order valence-corrected chi connectivity index (χ0v) is 11.7. The van der Waals surface area contributed by atoms with E-state index in [1.165, 1.54) is 12.1 Å². The van der Waals surface area contributed by atoms with Crippen LogP contribution in [0.4, 0.5) is 8.78 Å². The molecule has 0 aliphatic carbocycles. The van der Waals surface area contributed by atoms with Gasteiger partial charge in [0.05, 0.1) is 5.60 Å². The molecule has 0 aliphatic heterocycles. The molecular weight excluding hydrogens is 262 g/mol. The normalized spacial score (nSPS) is 11.6. The molecule has 0 bridgehead atoms. The van der Waals surface area contributed by atoms with Crippen LogP contribution < -0.4 is 0 Å². The quantitative estimate of drug-likeness (QED) is 0.770. The number of hydrogen-bond donors (Lipinski definition) is 0. The fourth-order valence-corrected chi connectivity index (χ4v) is 1.95. The smallest absolute Gasteiger partial charge is 0.247 e. The molecular formula is C15H13F2OSi. The zero-order valence-electron chi connectivity index (χ0n) is 10.7. The first kappa shape index (κ1) is 13.9. The van der Waals surface area contributed by atoms with Crippen molar-refractivity contribution in [3.05, 3.63) is 59.7 Å². The van der Waals surface area contributed by atoms with E-state index in [0.717, 1.165) is 11.6 Å². The standard InChI is InChI=1S/C15H13F2OSi/c1-15(2,18-19)11-5-3-10(4-6-11)13-8-7-12(16)9-14(13)17/h3-9H,1-2H3. The van der Waals surface area contributed by atoms with E-state index in [9.17, 15) is 8.78 Å². The van der Waals surface area contributed by atoms with Gasteiger partial charge in [-0.05, 0) is 37.1 Å². The molecule has 19 heavy (non-hydrogen) atoms. The first-order valence-electron chi connectivity index (χ1n) is 5.85. The lowest BCUT2D eigenvalue weighted by atomic mass is 9.95. The van der Waals surface area contributed by atoms with E-state index < -0.39 is 17.2 Å². The van der Waals surface area contributed by atoms with Crippen molar-refractivity contribution in [1.82, 2.24) is 0 Å². The predicted octanol–water partition coefficient (Wildman–Crippen LogP) is 3.97. The average Bonchev–Trinajstić information content (AvgIpc) is 2.39. The summed E-state index contributed by atoms with van der Waals surface area (Å²) < 4.78 is 31.7. The molecule has 1 nitrogen and oxygen atoms in total. The second kappa shape index (κ2) is 5.23. The highest BCUT2D eigenvalue weighted by Gasteiger charge is 2.18. The molecule has 4 heteroatoms. The summed E-state index contributed by atoms with van der Waals surface area (Å²) in [5.74, 6) is -1.14. The molecule has 2 aromatic rings. The highest BCUT2D eigenvalue weighted by molar-refractivity contribution is 5.98. The molecule has 0 fully saturated rings. The van der Waals surface area contributed by atoms with E-state index in [4.69, 9.17) is 4.43 Å². The Morgan fingerprint density at radius 1 is 1.00 bits per heavy atom. The summed E-state index contributed by atoms with van der Waals surface area (Å²) >= 11 is 0. The van der Waals surface area contributed by atoms with Gasteiger partial charge in [0.25, 0.3) is 0 Å². The second-order valence-electron chi connectivity index (χ2n) is 4.81. The lowest BCUT2D eigenvalue weighted by molar-refractivity contribution is 0.123. The Bertz CT molecular complexity index is 579. The van der Waals surface area contributed by atoms with Crippen LogP contribution in [0.25, 0.3) is 11.1 Å². The van der Waals surface area contributed by atoms with Crippen LogP contribution in [0, 0.1) is 11.6 Å². The number of hydrogen-bond acceptors (Lipinski definition) is 1. The maximum Gasteiger partial charge on any atom is 0.247 e. The van der Waals surface area contributed by atoms with Crippen LogP contribution in [-0.4, -0.2) is 10.5 Å². The molecule has 0 aromatic heterocycles. The van der Waals surface area contributed by atoms with Gasteiger partial charge in [-0.3, -0.25) is 0 Å². The summed E-state index contributed by atoms with van der Waals surface area (Å²) in [6, 6.07) is 10.9. The van der Waals surface area contributed by atoms with Crippen LogP contribution >= 0.6 is 0 Å². The molecule has 0 heterocycles. The summed E-state index contributed by atoms with van der Waals surface area (Å²) in [7, 11) is 3.04. The molecule has 0 unspecified atom stereocenters. The Hall–Kier alpha value is -1.52. The summed E-state index contributed by atoms with van der Waals surface area (Å²) in [6.07, 6.45) is 0. The molecule has 0 aliphatic rings. The maximum absolute atomic E-state index is 13.7. The minimum absolute atomic E-state index is 0.380. The molecule has 97 valence electrons. The second-order valence-corrected chi connectivity index (χ2v) is 5.02. The van der Waals surface area contributed by atoms with Crippen LogP contribution in [0.3, 0.4) is 0 Å². The Kier molecular flexibility index (Phi) is 3.82. The largest absolute Gasteiger partial charge is 0.410 e. The first-order chi connectivity index (χ1) is 8.94. The molecule has 3 radical (unpaired) electrons. The molecule has 0 saturated heterocycles. The minimum atomic E-state index is -0.577. The van der Waals surface area contributed by atoms with E-state index in [1.54, 1.807) is 12.1 Å². The highest BCUT2D eigenvalue weighted by atomic mass is 28.2. The van der Waals surface area contributed by atoms with Gasteiger partial charge in [-0.1, -0.05) is 24.3 Å². The Balaban J connectivity index is 2.38. The van der Waals surface area contributed by atoms with E-state index in [0.29, 0.717) is 11.1 Å². The summed E-state index contributed by atoms with van der Waals surface area (Å²) in [5, 5.41) is 0. The van der Waals surface area contributed by atoms with Crippen molar-refractivity contribution in [2.24, 2.45) is 0 Å². The third-order valence-corrected chi connectivity index (χ3v) is 3.59. The molecule has 2 aromatic carbocycles. The third-order valence-electron chi connectivity index (χ3n) is 3.08. The fraction of sp³-hybridized carbons (Fsp3) is 0.200. The molecule has 0 N–H and O–H groups in total. The molecule has 2 rings (SSSR count). The Morgan fingerprint density at radius 2 is 1.63 bits per heavy atom. The van der Waals surface area contributed by atoms with Gasteiger partial charge in [0.15, 0.2) is 0 Å². The van der Waals surface area contributed by atoms with Crippen molar-refractivity contribution < 1.29 is 13.2 Å². The van der Waals surface area contributed by atoms with Crippen molar-refractivity contribution in [1.29, 1.82) is 0 Å². The van der Waals surface area contributed by atoms with Gasteiger partial charge in [0.2, 0.25) is 10.5 Å². The SMILES string of the molecule is CC(C)(O[Si])c1ccc(-c2ccc(F)cc2F)cc1. The van der Waals surface area contributed by atoms with Gasteiger partial charge in [-0.2, -0.15) is 0 Å². The van der Waals surface area contributed by atoms with Gasteiger partial charge >= 0.3 is 0 Å². The topological polar surface area (TPSA) is 9.23 Å². The Labute approximate surface area is 114 Å². The number of benzene rings is 2. The van der Waals surface area contributed by atoms with Crippen molar-refractivity contribution in [3.63, 3.8) is 0 Å². The van der Waals surface area contributed by atoms with Crippen LogP contribution in [0.5, 0.6) is 0 Å². The highest BCUT2D eigenvalue weighted by Crippen LogP contribution is 2.28. The molecule has 0 atom stereocenters. The average molecular weight is 275 g/mol. The van der Waals surface area contributed by atoms with Gasteiger partial charge in [0.1, 0.15) is 11.6 Å². The lowest BCUT2D eigenvalue weighted by Gasteiger charge is -2.24. The van der Waals surface area contributed by atoms with E-state index in [2.05, 4.69) is 10.5 Å². The van der Waals surface area contributed by atoms with E-state index in [-0.39, 0.29) is 0 Å².